The standard InChI is InChI=1S/C6H17NOSi/c1-3-8-9(2)6-4-5-7/h9H,3-7H2,1-2H3. The molecule has 1 unspecified atom stereocenters. The number of rotatable bonds is 5. The molecule has 0 amide bonds. The summed E-state index contributed by atoms with van der Waals surface area (Å²) < 4.78 is 5.43. The monoisotopic (exact) mass is 147 g/mol. The molecule has 0 spiro atoms. The predicted molar refractivity (Wildman–Crippen MR) is 43.1 cm³/mol. The first-order valence-electron chi connectivity index (χ1n) is 3.63. The third-order valence-electron chi connectivity index (χ3n) is 1.27. The molecule has 56 valence electrons. The van der Waals surface area contributed by atoms with Gasteiger partial charge >= 0.3 is 0 Å². The molecule has 0 aliphatic rings. The van der Waals surface area contributed by atoms with Gasteiger partial charge in [0, 0.05) is 6.61 Å². The average molecular weight is 147 g/mol. The summed E-state index contributed by atoms with van der Waals surface area (Å²) in [5, 5.41) is 0. The molecule has 0 bridgehead atoms. The zero-order chi connectivity index (χ0) is 7.11. The van der Waals surface area contributed by atoms with Crippen molar-refractivity contribution in [1.29, 1.82) is 0 Å². The fourth-order valence-corrected chi connectivity index (χ4v) is 2.32. The van der Waals surface area contributed by atoms with Gasteiger partial charge in [0.05, 0.1) is 0 Å². The molecule has 0 saturated carbocycles. The van der Waals surface area contributed by atoms with Crippen LogP contribution in [0, 0.1) is 0 Å². The summed E-state index contributed by atoms with van der Waals surface area (Å²) in [5.41, 5.74) is 5.34. The Morgan fingerprint density at radius 2 is 2.22 bits per heavy atom. The van der Waals surface area contributed by atoms with E-state index < -0.39 is 9.04 Å². The van der Waals surface area contributed by atoms with E-state index in [9.17, 15) is 0 Å². The van der Waals surface area contributed by atoms with Crippen LogP contribution in [0.4, 0.5) is 0 Å². The van der Waals surface area contributed by atoms with Crippen molar-refractivity contribution in [2.45, 2.75) is 25.9 Å². The van der Waals surface area contributed by atoms with Gasteiger partial charge < -0.3 is 10.2 Å². The van der Waals surface area contributed by atoms with Crippen molar-refractivity contribution in [3.63, 3.8) is 0 Å². The van der Waals surface area contributed by atoms with Gasteiger partial charge in [-0.25, -0.2) is 0 Å². The van der Waals surface area contributed by atoms with Crippen molar-refractivity contribution < 1.29 is 4.43 Å². The molecule has 0 saturated heterocycles. The largest absolute Gasteiger partial charge is 0.421 e. The Hall–Kier alpha value is 0.137. The van der Waals surface area contributed by atoms with Crippen molar-refractivity contribution in [1.82, 2.24) is 0 Å². The van der Waals surface area contributed by atoms with Crippen LogP contribution in [0.15, 0.2) is 0 Å². The molecule has 0 rings (SSSR count). The molecule has 0 heterocycles. The minimum atomic E-state index is -0.800. The summed E-state index contributed by atoms with van der Waals surface area (Å²) in [6.45, 7) is 5.95. The van der Waals surface area contributed by atoms with Crippen LogP contribution in [0.2, 0.25) is 12.6 Å². The molecule has 9 heavy (non-hydrogen) atoms. The van der Waals surface area contributed by atoms with Crippen LogP contribution in [-0.4, -0.2) is 22.2 Å². The molecule has 0 aliphatic carbocycles. The van der Waals surface area contributed by atoms with Gasteiger partial charge in [-0.15, -0.1) is 0 Å². The summed E-state index contributed by atoms with van der Waals surface area (Å²) >= 11 is 0. The Morgan fingerprint density at radius 3 is 2.67 bits per heavy atom. The molecule has 3 heteroatoms. The zero-order valence-electron chi connectivity index (χ0n) is 6.39. The van der Waals surface area contributed by atoms with Gasteiger partial charge in [0.15, 0.2) is 9.04 Å². The van der Waals surface area contributed by atoms with Gasteiger partial charge in [-0.2, -0.15) is 0 Å². The molecular formula is C6H17NOSi. The second kappa shape index (κ2) is 6.26. The van der Waals surface area contributed by atoms with Gasteiger partial charge in [-0.05, 0) is 32.5 Å². The number of hydrogen-bond donors (Lipinski definition) is 1. The van der Waals surface area contributed by atoms with E-state index in [1.165, 1.54) is 6.04 Å². The van der Waals surface area contributed by atoms with Gasteiger partial charge in [0.2, 0.25) is 0 Å². The lowest BCUT2D eigenvalue weighted by Gasteiger charge is -2.07. The van der Waals surface area contributed by atoms with E-state index in [2.05, 4.69) is 6.55 Å². The summed E-state index contributed by atoms with van der Waals surface area (Å²) in [5.74, 6) is 0. The average Bonchev–Trinajstić information content (AvgIpc) is 1.85. The van der Waals surface area contributed by atoms with Crippen molar-refractivity contribution in [3.05, 3.63) is 0 Å². The Morgan fingerprint density at radius 1 is 1.56 bits per heavy atom. The Kier molecular flexibility index (Phi) is 6.35. The fourth-order valence-electron chi connectivity index (χ4n) is 0.773. The molecule has 1 atom stereocenters. The van der Waals surface area contributed by atoms with E-state index >= 15 is 0 Å². The van der Waals surface area contributed by atoms with E-state index in [4.69, 9.17) is 10.2 Å². The molecular weight excluding hydrogens is 130 g/mol. The van der Waals surface area contributed by atoms with Crippen molar-refractivity contribution in [2.24, 2.45) is 5.73 Å². The predicted octanol–water partition coefficient (Wildman–Crippen LogP) is 0.725. The maximum atomic E-state index is 5.43. The Labute approximate surface area is 59.1 Å². The van der Waals surface area contributed by atoms with Crippen molar-refractivity contribution in [3.8, 4) is 0 Å². The summed E-state index contributed by atoms with van der Waals surface area (Å²) in [6.07, 6.45) is 1.13. The molecule has 0 aliphatic heterocycles. The van der Waals surface area contributed by atoms with E-state index in [1.807, 2.05) is 6.92 Å². The highest BCUT2D eigenvalue weighted by atomic mass is 28.3. The van der Waals surface area contributed by atoms with Crippen LogP contribution in [0.5, 0.6) is 0 Å². The lowest BCUT2D eigenvalue weighted by molar-refractivity contribution is 0.345. The highest BCUT2D eigenvalue weighted by molar-refractivity contribution is 6.50. The van der Waals surface area contributed by atoms with Crippen LogP contribution < -0.4 is 5.73 Å². The Bertz CT molecular complexity index is 61.0. The fraction of sp³-hybridized carbons (Fsp3) is 1.00. The molecule has 0 fully saturated rings. The van der Waals surface area contributed by atoms with Crippen LogP contribution in [0.1, 0.15) is 13.3 Å². The highest BCUT2D eigenvalue weighted by Crippen LogP contribution is 1.96. The van der Waals surface area contributed by atoms with Crippen LogP contribution in [-0.2, 0) is 4.43 Å². The first kappa shape index (κ1) is 9.14. The smallest absolute Gasteiger partial charge is 0.173 e. The van der Waals surface area contributed by atoms with Crippen LogP contribution in [0.3, 0.4) is 0 Å². The van der Waals surface area contributed by atoms with E-state index in [-0.39, 0.29) is 0 Å². The van der Waals surface area contributed by atoms with E-state index in [1.54, 1.807) is 0 Å². The lowest BCUT2D eigenvalue weighted by Crippen LogP contribution is -2.14. The quantitative estimate of drug-likeness (QED) is 0.582. The Balaban J connectivity index is 2.95. The van der Waals surface area contributed by atoms with Crippen molar-refractivity contribution in [2.75, 3.05) is 13.2 Å². The minimum Gasteiger partial charge on any atom is -0.421 e. The molecule has 2 nitrogen and oxygen atoms in total. The van der Waals surface area contributed by atoms with Gasteiger partial charge in [-0.3, -0.25) is 0 Å². The van der Waals surface area contributed by atoms with Crippen molar-refractivity contribution >= 4 is 9.04 Å². The van der Waals surface area contributed by atoms with E-state index in [0.717, 1.165) is 19.6 Å². The lowest BCUT2D eigenvalue weighted by atomic mass is 10.5. The molecule has 0 aromatic rings. The molecule has 0 aromatic carbocycles. The van der Waals surface area contributed by atoms with E-state index in [0.29, 0.717) is 0 Å². The second-order valence-corrected chi connectivity index (χ2v) is 4.73. The number of hydrogen-bond acceptors (Lipinski definition) is 2. The highest BCUT2D eigenvalue weighted by Gasteiger charge is 2.00. The first-order valence-corrected chi connectivity index (χ1v) is 6.07. The zero-order valence-corrected chi connectivity index (χ0v) is 7.55. The number of nitrogens with two attached hydrogens (primary N) is 1. The molecule has 2 N–H and O–H groups in total. The third kappa shape index (κ3) is 6.02. The normalized spacial score (nSPS) is 13.7. The van der Waals surface area contributed by atoms with Gasteiger partial charge in [0.1, 0.15) is 0 Å². The van der Waals surface area contributed by atoms with Crippen LogP contribution in [0.25, 0.3) is 0 Å². The second-order valence-electron chi connectivity index (χ2n) is 2.20. The summed E-state index contributed by atoms with van der Waals surface area (Å²) in [6, 6.07) is 1.23. The van der Waals surface area contributed by atoms with Crippen LogP contribution >= 0.6 is 0 Å². The van der Waals surface area contributed by atoms with Gasteiger partial charge in [0.25, 0.3) is 0 Å². The van der Waals surface area contributed by atoms with Gasteiger partial charge in [-0.1, -0.05) is 0 Å². The maximum absolute atomic E-state index is 5.43. The first-order chi connectivity index (χ1) is 4.31. The minimum absolute atomic E-state index is 0.800. The summed E-state index contributed by atoms with van der Waals surface area (Å²) in [4.78, 5) is 0. The molecule has 0 aromatic heterocycles. The summed E-state index contributed by atoms with van der Waals surface area (Å²) in [7, 11) is -0.800. The topological polar surface area (TPSA) is 35.2 Å². The molecule has 0 radical (unpaired) electrons. The third-order valence-corrected chi connectivity index (χ3v) is 3.39. The SMILES string of the molecule is CCO[SiH](C)CCCN. The maximum Gasteiger partial charge on any atom is 0.173 e.